The average molecular weight is 311 g/mol. The molecule has 22 heavy (non-hydrogen) atoms. The highest BCUT2D eigenvalue weighted by Gasteiger charge is 2.30. The molecule has 2 N–H and O–H groups in total. The molecule has 0 spiro atoms. The lowest BCUT2D eigenvalue weighted by Crippen LogP contribution is -2.41. The number of alkyl halides is 3. The molecular formula is C15H16F3N3O. The van der Waals surface area contributed by atoms with Crippen LogP contribution in [-0.4, -0.2) is 11.4 Å². The molecule has 0 aromatic heterocycles. The van der Waals surface area contributed by atoms with Gasteiger partial charge in [0.1, 0.15) is 11.6 Å². The van der Waals surface area contributed by atoms with Crippen molar-refractivity contribution in [2.75, 3.05) is 5.32 Å². The molecule has 0 aliphatic carbocycles. The van der Waals surface area contributed by atoms with Crippen molar-refractivity contribution in [1.82, 2.24) is 5.32 Å². The third kappa shape index (κ3) is 5.48. The van der Waals surface area contributed by atoms with Crippen molar-refractivity contribution in [3.05, 3.63) is 41.6 Å². The van der Waals surface area contributed by atoms with E-state index in [0.29, 0.717) is 0 Å². The highest BCUT2D eigenvalue weighted by Crippen LogP contribution is 2.30. The van der Waals surface area contributed by atoms with E-state index in [-0.39, 0.29) is 11.3 Å². The molecule has 0 aliphatic heterocycles. The molecule has 0 atom stereocenters. The van der Waals surface area contributed by atoms with Gasteiger partial charge in [-0.15, -0.1) is 0 Å². The molecule has 0 bridgehead atoms. The van der Waals surface area contributed by atoms with Crippen molar-refractivity contribution in [2.24, 2.45) is 0 Å². The van der Waals surface area contributed by atoms with E-state index in [0.717, 1.165) is 18.3 Å². The van der Waals surface area contributed by atoms with Crippen molar-refractivity contribution in [3.63, 3.8) is 0 Å². The fourth-order valence-electron chi connectivity index (χ4n) is 1.50. The third-order valence-corrected chi connectivity index (χ3v) is 2.43. The maximum absolute atomic E-state index is 12.6. The number of hydrogen-bond acceptors (Lipinski definition) is 3. The Balaban J connectivity index is 2.90. The summed E-state index contributed by atoms with van der Waals surface area (Å²) < 4.78 is 37.8. The Morgan fingerprint density at radius 1 is 1.27 bits per heavy atom. The molecule has 0 radical (unpaired) electrons. The van der Waals surface area contributed by atoms with Gasteiger partial charge in [-0.1, -0.05) is 6.07 Å². The first-order valence-electron chi connectivity index (χ1n) is 6.39. The molecule has 7 heteroatoms. The van der Waals surface area contributed by atoms with Crippen molar-refractivity contribution in [1.29, 1.82) is 5.26 Å². The van der Waals surface area contributed by atoms with Gasteiger partial charge in [-0.3, -0.25) is 4.79 Å². The molecule has 0 aliphatic rings. The first-order chi connectivity index (χ1) is 10.0. The second kappa shape index (κ2) is 6.52. The third-order valence-electron chi connectivity index (χ3n) is 2.43. The van der Waals surface area contributed by atoms with E-state index < -0.39 is 23.2 Å². The Labute approximate surface area is 126 Å². The SMILES string of the molecule is CC(C)(C)NC(=O)/C(C#N)=C\Nc1cccc(C(F)(F)F)c1. The van der Waals surface area contributed by atoms with Crippen molar-refractivity contribution >= 4 is 11.6 Å². The Hall–Kier alpha value is -2.49. The molecule has 118 valence electrons. The fraction of sp³-hybridized carbons (Fsp3) is 0.333. The molecule has 1 aromatic rings. The quantitative estimate of drug-likeness (QED) is 0.664. The van der Waals surface area contributed by atoms with Crippen LogP contribution in [0.1, 0.15) is 26.3 Å². The molecule has 1 rings (SSSR count). The van der Waals surface area contributed by atoms with Crippen LogP contribution in [0.3, 0.4) is 0 Å². The number of benzene rings is 1. The molecule has 0 fully saturated rings. The molecule has 1 amide bonds. The van der Waals surface area contributed by atoms with E-state index in [2.05, 4.69) is 10.6 Å². The number of hydrogen-bond donors (Lipinski definition) is 2. The molecule has 0 unspecified atom stereocenters. The number of anilines is 1. The normalized spacial score (nSPS) is 12.5. The van der Waals surface area contributed by atoms with Gasteiger partial charge < -0.3 is 10.6 Å². The Bertz CT molecular complexity index is 622. The number of nitrogens with one attached hydrogen (secondary N) is 2. The van der Waals surface area contributed by atoms with Crippen molar-refractivity contribution in [2.45, 2.75) is 32.5 Å². The summed E-state index contributed by atoms with van der Waals surface area (Å²) >= 11 is 0. The van der Waals surface area contributed by atoms with E-state index in [4.69, 9.17) is 5.26 Å². The molecule has 4 nitrogen and oxygen atoms in total. The summed E-state index contributed by atoms with van der Waals surface area (Å²) in [6, 6.07) is 6.18. The zero-order chi connectivity index (χ0) is 17.0. The molecule has 0 heterocycles. The van der Waals surface area contributed by atoms with Gasteiger partial charge in [0, 0.05) is 17.4 Å². The monoisotopic (exact) mass is 311 g/mol. The first-order valence-corrected chi connectivity index (χ1v) is 6.39. The zero-order valence-corrected chi connectivity index (χ0v) is 12.4. The maximum atomic E-state index is 12.6. The number of amides is 1. The second-order valence-corrected chi connectivity index (χ2v) is 5.60. The number of carbonyl (C=O) groups excluding carboxylic acids is 1. The van der Waals surface area contributed by atoms with Crippen LogP contribution in [0.2, 0.25) is 0 Å². The van der Waals surface area contributed by atoms with E-state index in [1.807, 2.05) is 0 Å². The molecule has 0 saturated heterocycles. The van der Waals surface area contributed by atoms with Crippen LogP contribution in [0.5, 0.6) is 0 Å². The van der Waals surface area contributed by atoms with Crippen LogP contribution in [-0.2, 0) is 11.0 Å². The van der Waals surface area contributed by atoms with Crippen LogP contribution < -0.4 is 10.6 Å². The summed E-state index contributed by atoms with van der Waals surface area (Å²) in [5.41, 5.74) is -1.44. The standard InChI is InChI=1S/C15H16F3N3O/c1-14(2,3)21-13(22)10(8-19)9-20-12-6-4-5-11(7-12)15(16,17)18/h4-7,9,20H,1-3H3,(H,21,22)/b10-9-. The van der Waals surface area contributed by atoms with Crippen molar-refractivity contribution < 1.29 is 18.0 Å². The van der Waals surface area contributed by atoms with Crippen LogP contribution in [0.15, 0.2) is 36.0 Å². The average Bonchev–Trinajstić information content (AvgIpc) is 2.36. The number of halogens is 3. The zero-order valence-electron chi connectivity index (χ0n) is 12.4. The minimum atomic E-state index is -4.46. The lowest BCUT2D eigenvalue weighted by atomic mass is 10.1. The number of carbonyl (C=O) groups is 1. The fourth-order valence-corrected chi connectivity index (χ4v) is 1.50. The number of nitrogens with zero attached hydrogens (tertiary/aromatic N) is 1. The van der Waals surface area contributed by atoms with Gasteiger partial charge in [0.25, 0.3) is 5.91 Å². The Morgan fingerprint density at radius 3 is 2.41 bits per heavy atom. The predicted molar refractivity (Wildman–Crippen MR) is 76.7 cm³/mol. The van der Waals surface area contributed by atoms with Gasteiger partial charge in [-0.2, -0.15) is 18.4 Å². The van der Waals surface area contributed by atoms with E-state index >= 15 is 0 Å². The summed E-state index contributed by atoms with van der Waals surface area (Å²) in [6.07, 6.45) is -3.38. The van der Waals surface area contributed by atoms with Gasteiger partial charge in [0.05, 0.1) is 5.56 Å². The lowest BCUT2D eigenvalue weighted by Gasteiger charge is -2.20. The maximum Gasteiger partial charge on any atom is 0.416 e. The minimum absolute atomic E-state index is 0.131. The Morgan fingerprint density at radius 2 is 1.91 bits per heavy atom. The summed E-state index contributed by atoms with van der Waals surface area (Å²) in [6.45, 7) is 5.25. The van der Waals surface area contributed by atoms with Crippen LogP contribution in [0.4, 0.5) is 18.9 Å². The summed E-state index contributed by atoms with van der Waals surface area (Å²) in [4.78, 5) is 11.8. The van der Waals surface area contributed by atoms with E-state index in [1.165, 1.54) is 12.1 Å². The van der Waals surface area contributed by atoms with Crippen LogP contribution in [0, 0.1) is 11.3 Å². The van der Waals surface area contributed by atoms with Gasteiger partial charge >= 0.3 is 6.18 Å². The van der Waals surface area contributed by atoms with Crippen LogP contribution in [0.25, 0.3) is 0 Å². The molecular weight excluding hydrogens is 295 g/mol. The number of nitriles is 1. The molecule has 1 aromatic carbocycles. The van der Waals surface area contributed by atoms with E-state index in [9.17, 15) is 18.0 Å². The van der Waals surface area contributed by atoms with Gasteiger partial charge in [-0.05, 0) is 39.0 Å². The second-order valence-electron chi connectivity index (χ2n) is 5.60. The predicted octanol–water partition coefficient (Wildman–Crippen LogP) is 3.44. The van der Waals surface area contributed by atoms with Gasteiger partial charge in [0.2, 0.25) is 0 Å². The van der Waals surface area contributed by atoms with Crippen LogP contribution >= 0.6 is 0 Å². The smallest absolute Gasteiger partial charge is 0.360 e. The summed E-state index contributed by atoms with van der Waals surface area (Å²) in [5.74, 6) is -0.602. The Kier molecular flexibility index (Phi) is 5.20. The van der Waals surface area contributed by atoms with Gasteiger partial charge in [0.15, 0.2) is 0 Å². The highest BCUT2D eigenvalue weighted by atomic mass is 19.4. The van der Waals surface area contributed by atoms with Gasteiger partial charge in [-0.25, -0.2) is 0 Å². The highest BCUT2D eigenvalue weighted by molar-refractivity contribution is 5.97. The number of rotatable bonds is 3. The lowest BCUT2D eigenvalue weighted by molar-refractivity contribution is -0.137. The topological polar surface area (TPSA) is 64.9 Å². The summed E-state index contributed by atoms with van der Waals surface area (Å²) in [7, 11) is 0. The minimum Gasteiger partial charge on any atom is -0.360 e. The van der Waals surface area contributed by atoms with E-state index in [1.54, 1.807) is 26.8 Å². The largest absolute Gasteiger partial charge is 0.416 e. The molecule has 0 saturated carbocycles. The first kappa shape index (κ1) is 17.6. The summed E-state index contributed by atoms with van der Waals surface area (Å²) in [5, 5.41) is 14.1. The van der Waals surface area contributed by atoms with Crippen molar-refractivity contribution in [3.8, 4) is 6.07 Å².